The molecule has 11 heteroatoms. The molecule has 0 aliphatic carbocycles. The Labute approximate surface area is 168 Å². The summed E-state index contributed by atoms with van der Waals surface area (Å²) in [6.45, 7) is 0.175. The van der Waals surface area contributed by atoms with Gasteiger partial charge in [0.25, 0.3) is 5.56 Å². The maximum Gasteiger partial charge on any atom is 0.409 e. The zero-order valence-corrected chi connectivity index (χ0v) is 16.7. The molecule has 1 amide bonds. The minimum Gasteiger partial charge on any atom is -0.453 e. The van der Waals surface area contributed by atoms with Crippen molar-refractivity contribution in [3.8, 4) is 0 Å². The molecule has 0 spiro atoms. The van der Waals surface area contributed by atoms with E-state index < -0.39 is 23.8 Å². The number of nitrogens with zero attached hydrogens (tertiary/aromatic N) is 3. The molecule has 2 aromatic heterocycles. The number of ketones is 1. The number of carbonyl (C=O) groups excluding carboxylic acids is 2. The lowest BCUT2D eigenvalue weighted by Crippen LogP contribution is -2.52. The third-order valence-corrected chi connectivity index (χ3v) is 6.46. The highest BCUT2D eigenvalue weighted by atomic mass is 35.5. The summed E-state index contributed by atoms with van der Waals surface area (Å²) in [7, 11) is 1.25. The number of halogens is 2. The van der Waals surface area contributed by atoms with Gasteiger partial charge >= 0.3 is 6.09 Å². The van der Waals surface area contributed by atoms with Crippen LogP contribution in [-0.4, -0.2) is 57.2 Å². The van der Waals surface area contributed by atoms with Gasteiger partial charge in [0.2, 0.25) is 0 Å². The number of likely N-dealkylation sites (tertiary alicyclic amines) is 1. The minimum atomic E-state index is -0.825. The quantitative estimate of drug-likeness (QED) is 0.793. The molecule has 2 aromatic rings. The molecular weight excluding hydrogens is 417 g/mol. The van der Waals surface area contributed by atoms with E-state index in [1.807, 2.05) is 0 Å². The van der Waals surface area contributed by atoms with Crippen molar-refractivity contribution in [3.05, 3.63) is 26.0 Å². The molecule has 27 heavy (non-hydrogen) atoms. The predicted molar refractivity (Wildman–Crippen MR) is 102 cm³/mol. The number of hydrogen-bond donors (Lipinski definition) is 1. The van der Waals surface area contributed by atoms with E-state index in [0.29, 0.717) is 24.9 Å². The van der Waals surface area contributed by atoms with Gasteiger partial charge < -0.3 is 14.7 Å². The van der Waals surface area contributed by atoms with Crippen LogP contribution in [0.1, 0.15) is 19.3 Å². The van der Waals surface area contributed by atoms with Crippen LogP contribution in [-0.2, 0) is 16.1 Å². The van der Waals surface area contributed by atoms with E-state index in [1.165, 1.54) is 22.9 Å². The molecule has 0 radical (unpaired) electrons. The number of aliphatic hydroxyl groups excluding tert-OH is 1. The SMILES string of the molecule is COC(=O)N1CCC[C@@H](O)[C@@H]1CC(=O)Cn1cnc2c(Cl)c(Cl)sc2c1=O. The van der Waals surface area contributed by atoms with Crippen molar-refractivity contribution in [1.29, 1.82) is 0 Å². The number of rotatable bonds is 4. The van der Waals surface area contributed by atoms with Crippen molar-refractivity contribution in [2.75, 3.05) is 13.7 Å². The fraction of sp³-hybridized carbons (Fsp3) is 0.500. The molecule has 2 atom stereocenters. The first-order valence-corrected chi connectivity index (χ1v) is 9.78. The van der Waals surface area contributed by atoms with Crippen molar-refractivity contribution >= 4 is 56.6 Å². The molecule has 1 fully saturated rings. The maximum atomic E-state index is 12.5. The summed E-state index contributed by atoms with van der Waals surface area (Å²) in [6.07, 6.45) is 0.856. The van der Waals surface area contributed by atoms with Crippen molar-refractivity contribution in [2.45, 2.75) is 38.0 Å². The fourth-order valence-corrected chi connectivity index (χ4v) is 4.63. The lowest BCUT2D eigenvalue weighted by atomic mass is 9.95. The monoisotopic (exact) mass is 433 g/mol. The molecule has 8 nitrogen and oxygen atoms in total. The topological polar surface area (TPSA) is 102 Å². The first-order chi connectivity index (χ1) is 12.8. The van der Waals surface area contributed by atoms with Gasteiger partial charge in [-0.15, -0.1) is 11.3 Å². The molecule has 1 saturated heterocycles. The summed E-state index contributed by atoms with van der Waals surface area (Å²) in [5.41, 5.74) is -0.110. The van der Waals surface area contributed by atoms with Gasteiger partial charge in [0.1, 0.15) is 14.6 Å². The summed E-state index contributed by atoms with van der Waals surface area (Å²) < 4.78 is 6.43. The number of amides is 1. The van der Waals surface area contributed by atoms with Gasteiger partial charge in [0.05, 0.1) is 37.2 Å². The zero-order valence-electron chi connectivity index (χ0n) is 14.4. The van der Waals surface area contributed by atoms with Crippen LogP contribution in [0.25, 0.3) is 10.2 Å². The average molecular weight is 434 g/mol. The number of carbonyl (C=O) groups is 2. The molecule has 0 saturated carbocycles. The smallest absolute Gasteiger partial charge is 0.409 e. The van der Waals surface area contributed by atoms with Gasteiger partial charge in [-0.3, -0.25) is 14.2 Å². The molecule has 3 heterocycles. The summed E-state index contributed by atoms with van der Waals surface area (Å²) in [4.78, 5) is 42.4. The minimum absolute atomic E-state index is 0.0906. The molecule has 1 aliphatic rings. The summed E-state index contributed by atoms with van der Waals surface area (Å²) in [5, 5.41) is 10.4. The molecule has 0 unspecified atom stereocenters. The van der Waals surface area contributed by atoms with Crippen LogP contribution in [0.15, 0.2) is 11.1 Å². The van der Waals surface area contributed by atoms with E-state index in [1.54, 1.807) is 0 Å². The molecule has 1 N–H and O–H groups in total. The normalized spacial score (nSPS) is 20.1. The van der Waals surface area contributed by atoms with E-state index in [-0.39, 0.29) is 32.8 Å². The van der Waals surface area contributed by atoms with E-state index in [0.717, 1.165) is 11.3 Å². The summed E-state index contributed by atoms with van der Waals surface area (Å²) in [5.74, 6) is -0.313. The number of thiophene rings is 1. The highest BCUT2D eigenvalue weighted by Gasteiger charge is 2.35. The number of piperidine rings is 1. The number of methoxy groups -OCH3 is 1. The number of Topliss-reactive ketones (excluding diaryl/α,β-unsaturated/α-hetero) is 1. The second-order valence-corrected chi connectivity index (χ2v) is 8.23. The number of hydrogen-bond acceptors (Lipinski definition) is 7. The molecule has 0 bridgehead atoms. The van der Waals surface area contributed by atoms with Crippen LogP contribution >= 0.6 is 34.5 Å². The lowest BCUT2D eigenvalue weighted by Gasteiger charge is -2.37. The second kappa shape index (κ2) is 8.14. The molecule has 1 aliphatic heterocycles. The Hall–Kier alpha value is -1.68. The number of ether oxygens (including phenoxy) is 1. The van der Waals surface area contributed by atoms with E-state index in [2.05, 4.69) is 4.98 Å². The second-order valence-electron chi connectivity index (χ2n) is 6.23. The van der Waals surface area contributed by atoms with Crippen LogP contribution < -0.4 is 5.56 Å². The first-order valence-electron chi connectivity index (χ1n) is 8.20. The summed E-state index contributed by atoms with van der Waals surface area (Å²) >= 11 is 12.9. The van der Waals surface area contributed by atoms with Gasteiger partial charge in [-0.05, 0) is 12.8 Å². The Morgan fingerprint density at radius 1 is 1.44 bits per heavy atom. The Morgan fingerprint density at radius 3 is 2.89 bits per heavy atom. The number of aliphatic hydroxyl groups is 1. The van der Waals surface area contributed by atoms with Gasteiger partial charge in [0, 0.05) is 13.0 Å². The van der Waals surface area contributed by atoms with Gasteiger partial charge in [0.15, 0.2) is 5.78 Å². The van der Waals surface area contributed by atoms with Crippen molar-refractivity contribution in [1.82, 2.24) is 14.5 Å². The fourth-order valence-electron chi connectivity index (χ4n) is 3.17. The molecule has 3 rings (SSSR count). The highest BCUT2D eigenvalue weighted by molar-refractivity contribution is 7.23. The van der Waals surface area contributed by atoms with Gasteiger partial charge in [-0.2, -0.15) is 0 Å². The number of aromatic nitrogens is 2. The Bertz CT molecular complexity index is 944. The molecule has 0 aromatic carbocycles. The third kappa shape index (κ3) is 3.96. The van der Waals surface area contributed by atoms with E-state index in [4.69, 9.17) is 27.9 Å². The lowest BCUT2D eigenvalue weighted by molar-refractivity contribution is -0.122. The van der Waals surface area contributed by atoms with Crippen molar-refractivity contribution < 1.29 is 19.4 Å². The highest BCUT2D eigenvalue weighted by Crippen LogP contribution is 2.35. The molecule has 146 valence electrons. The first kappa shape index (κ1) is 20.1. The number of fused-ring (bicyclic) bond motifs is 1. The summed E-state index contributed by atoms with van der Waals surface area (Å²) in [6, 6.07) is -0.684. The van der Waals surface area contributed by atoms with Crippen molar-refractivity contribution in [3.63, 3.8) is 0 Å². The predicted octanol–water partition coefficient (Wildman–Crippen LogP) is 2.32. The van der Waals surface area contributed by atoms with E-state index >= 15 is 0 Å². The Balaban J connectivity index is 1.79. The maximum absolute atomic E-state index is 12.5. The molecular formula is C16H17Cl2N3O5S. The van der Waals surface area contributed by atoms with E-state index in [9.17, 15) is 19.5 Å². The third-order valence-electron chi connectivity index (χ3n) is 4.50. The Morgan fingerprint density at radius 2 is 2.19 bits per heavy atom. The van der Waals surface area contributed by atoms with Crippen LogP contribution in [0, 0.1) is 0 Å². The van der Waals surface area contributed by atoms with Crippen molar-refractivity contribution in [2.24, 2.45) is 0 Å². The van der Waals surface area contributed by atoms with Crippen LogP contribution in [0.2, 0.25) is 9.36 Å². The largest absolute Gasteiger partial charge is 0.453 e. The van der Waals surface area contributed by atoms with Gasteiger partial charge in [-0.25, -0.2) is 9.78 Å². The zero-order chi connectivity index (χ0) is 19.7. The van der Waals surface area contributed by atoms with Crippen LogP contribution in [0.4, 0.5) is 4.79 Å². The average Bonchev–Trinajstić information content (AvgIpc) is 2.94. The van der Waals surface area contributed by atoms with Crippen LogP contribution in [0.3, 0.4) is 0 Å². The standard InChI is InChI=1S/C16H17Cl2N3O5S/c1-26-16(25)21-4-2-3-10(23)9(21)5-8(22)6-20-7-19-12-11(17)14(18)27-13(12)15(20)24/h7,9-10,23H,2-6H2,1H3/t9-,10+/m0/s1. The Kier molecular flexibility index (Phi) is 6.05. The van der Waals surface area contributed by atoms with Gasteiger partial charge in [-0.1, -0.05) is 23.2 Å². The van der Waals surface area contributed by atoms with Crippen LogP contribution in [0.5, 0.6) is 0 Å².